The predicted octanol–water partition coefficient (Wildman–Crippen LogP) is 5.92. The van der Waals surface area contributed by atoms with Crippen LogP contribution in [0.3, 0.4) is 0 Å². The lowest BCUT2D eigenvalue weighted by atomic mass is 10.2. The van der Waals surface area contributed by atoms with Crippen molar-refractivity contribution in [3.8, 4) is 5.75 Å². The molecule has 0 aliphatic heterocycles. The lowest BCUT2D eigenvalue weighted by Crippen LogP contribution is -2.27. The average molecular weight is 368 g/mol. The number of ether oxygens (including phenoxy) is 2. The van der Waals surface area contributed by atoms with Gasteiger partial charge in [-0.25, -0.2) is 4.79 Å². The van der Waals surface area contributed by atoms with E-state index in [0.29, 0.717) is 21.5 Å². The van der Waals surface area contributed by atoms with Gasteiger partial charge in [0.25, 0.3) is 0 Å². The molecule has 2 aromatic rings. The Kier molecular flexibility index (Phi) is 5.97. The zero-order valence-corrected chi connectivity index (χ0v) is 15.2. The van der Waals surface area contributed by atoms with E-state index < -0.39 is 11.7 Å². The summed E-state index contributed by atoms with van der Waals surface area (Å²) in [4.78, 5) is 11.7. The molecule has 0 aliphatic carbocycles. The van der Waals surface area contributed by atoms with Crippen molar-refractivity contribution in [2.24, 2.45) is 0 Å². The van der Waals surface area contributed by atoms with E-state index in [4.69, 9.17) is 32.7 Å². The molecule has 24 heavy (non-hydrogen) atoms. The van der Waals surface area contributed by atoms with E-state index in [0.717, 1.165) is 5.56 Å². The van der Waals surface area contributed by atoms with Gasteiger partial charge in [0.1, 0.15) is 18.0 Å². The number of benzene rings is 2. The highest BCUT2D eigenvalue weighted by atomic mass is 35.5. The van der Waals surface area contributed by atoms with E-state index in [1.54, 1.807) is 42.5 Å². The van der Waals surface area contributed by atoms with Crippen molar-refractivity contribution < 1.29 is 14.3 Å². The maximum atomic E-state index is 11.7. The van der Waals surface area contributed by atoms with Crippen LogP contribution in [0.5, 0.6) is 5.75 Å². The average Bonchev–Trinajstić information content (AvgIpc) is 2.46. The predicted molar refractivity (Wildman–Crippen MR) is 97.1 cm³/mol. The number of halogens is 2. The van der Waals surface area contributed by atoms with E-state index in [2.05, 4.69) is 5.32 Å². The van der Waals surface area contributed by atoms with Gasteiger partial charge in [0.15, 0.2) is 0 Å². The van der Waals surface area contributed by atoms with E-state index >= 15 is 0 Å². The van der Waals surface area contributed by atoms with Crippen molar-refractivity contribution in [2.45, 2.75) is 33.0 Å². The van der Waals surface area contributed by atoms with Gasteiger partial charge in [-0.2, -0.15) is 0 Å². The summed E-state index contributed by atoms with van der Waals surface area (Å²) in [7, 11) is 0. The van der Waals surface area contributed by atoms with Crippen molar-refractivity contribution in [3.63, 3.8) is 0 Å². The normalized spacial score (nSPS) is 11.0. The molecule has 0 radical (unpaired) electrons. The summed E-state index contributed by atoms with van der Waals surface area (Å²) in [6.07, 6.45) is -0.501. The molecule has 0 atom stereocenters. The number of anilines is 1. The standard InChI is InChI=1S/C18H19Cl2NO3/c1-18(2,3)24-17(22)21-12-7-9-13(10-8-12)23-11-14-15(19)5-4-6-16(14)20/h4-10H,11H2,1-3H3,(H,21,22). The van der Waals surface area contributed by atoms with Gasteiger partial charge < -0.3 is 9.47 Å². The van der Waals surface area contributed by atoms with Gasteiger partial charge in [0, 0.05) is 21.3 Å². The molecule has 0 saturated heterocycles. The molecule has 0 aromatic heterocycles. The molecule has 0 spiro atoms. The lowest BCUT2D eigenvalue weighted by Gasteiger charge is -2.19. The van der Waals surface area contributed by atoms with Crippen LogP contribution in [0, 0.1) is 0 Å². The Morgan fingerprint density at radius 1 is 1.04 bits per heavy atom. The molecule has 0 bridgehead atoms. The highest BCUT2D eigenvalue weighted by Crippen LogP contribution is 2.26. The van der Waals surface area contributed by atoms with Gasteiger partial charge >= 0.3 is 6.09 Å². The molecule has 0 saturated carbocycles. The molecular formula is C18H19Cl2NO3. The van der Waals surface area contributed by atoms with Crippen molar-refractivity contribution in [1.82, 2.24) is 0 Å². The molecular weight excluding hydrogens is 349 g/mol. The number of hydrogen-bond acceptors (Lipinski definition) is 3. The number of amides is 1. The third-order valence-corrected chi connectivity index (χ3v) is 3.65. The highest BCUT2D eigenvalue weighted by Gasteiger charge is 2.16. The zero-order chi connectivity index (χ0) is 17.7. The maximum absolute atomic E-state index is 11.7. The first kappa shape index (κ1) is 18.4. The minimum Gasteiger partial charge on any atom is -0.489 e. The summed E-state index contributed by atoms with van der Waals surface area (Å²) in [5.74, 6) is 0.640. The molecule has 0 heterocycles. The Bertz CT molecular complexity index is 689. The van der Waals surface area contributed by atoms with Crippen LogP contribution < -0.4 is 10.1 Å². The fraction of sp³-hybridized carbons (Fsp3) is 0.278. The van der Waals surface area contributed by atoms with Crippen LogP contribution in [0.25, 0.3) is 0 Å². The molecule has 2 aromatic carbocycles. The fourth-order valence-electron chi connectivity index (χ4n) is 1.88. The minimum atomic E-state index is -0.540. The van der Waals surface area contributed by atoms with Crippen LogP contribution in [-0.4, -0.2) is 11.7 Å². The molecule has 0 aliphatic rings. The zero-order valence-electron chi connectivity index (χ0n) is 13.7. The molecule has 128 valence electrons. The molecule has 1 N–H and O–H groups in total. The first-order valence-electron chi connectivity index (χ1n) is 7.40. The van der Waals surface area contributed by atoms with Gasteiger partial charge in [-0.05, 0) is 57.2 Å². The van der Waals surface area contributed by atoms with Crippen LogP contribution in [0.1, 0.15) is 26.3 Å². The first-order chi connectivity index (χ1) is 11.2. The lowest BCUT2D eigenvalue weighted by molar-refractivity contribution is 0.0636. The third-order valence-electron chi connectivity index (χ3n) is 2.94. The number of carbonyl (C=O) groups excluding carboxylic acids is 1. The molecule has 2 rings (SSSR count). The van der Waals surface area contributed by atoms with Crippen LogP contribution in [0.15, 0.2) is 42.5 Å². The summed E-state index contributed by atoms with van der Waals surface area (Å²) in [5, 5.41) is 3.78. The summed E-state index contributed by atoms with van der Waals surface area (Å²) in [5.41, 5.74) is 0.811. The quantitative estimate of drug-likeness (QED) is 0.729. The van der Waals surface area contributed by atoms with Crippen molar-refractivity contribution in [1.29, 1.82) is 0 Å². The molecule has 1 amide bonds. The van der Waals surface area contributed by atoms with Gasteiger partial charge in [-0.3, -0.25) is 5.32 Å². The van der Waals surface area contributed by atoms with Crippen molar-refractivity contribution in [3.05, 3.63) is 58.1 Å². The van der Waals surface area contributed by atoms with Crippen molar-refractivity contribution >= 4 is 35.0 Å². The maximum Gasteiger partial charge on any atom is 0.412 e. The van der Waals surface area contributed by atoms with E-state index in [1.165, 1.54) is 0 Å². The van der Waals surface area contributed by atoms with E-state index in [1.807, 2.05) is 20.8 Å². The summed E-state index contributed by atoms with van der Waals surface area (Å²) >= 11 is 12.2. The second-order valence-corrected chi connectivity index (χ2v) is 6.95. The summed E-state index contributed by atoms with van der Waals surface area (Å²) < 4.78 is 10.9. The van der Waals surface area contributed by atoms with Crippen molar-refractivity contribution in [2.75, 3.05) is 5.32 Å². The molecule has 0 fully saturated rings. The van der Waals surface area contributed by atoms with E-state index in [-0.39, 0.29) is 6.61 Å². The Balaban J connectivity index is 1.94. The van der Waals surface area contributed by atoms with E-state index in [9.17, 15) is 4.79 Å². The van der Waals surface area contributed by atoms with Crippen LogP contribution >= 0.6 is 23.2 Å². The van der Waals surface area contributed by atoms with Gasteiger partial charge in [0.2, 0.25) is 0 Å². The summed E-state index contributed by atoms with van der Waals surface area (Å²) in [6, 6.07) is 12.3. The SMILES string of the molecule is CC(C)(C)OC(=O)Nc1ccc(OCc2c(Cl)cccc2Cl)cc1. The second kappa shape index (κ2) is 7.77. The minimum absolute atomic E-state index is 0.261. The number of nitrogens with one attached hydrogen (secondary N) is 1. The van der Waals surface area contributed by atoms with Crippen LogP contribution in [0.4, 0.5) is 10.5 Å². The van der Waals surface area contributed by atoms with Gasteiger partial charge in [-0.15, -0.1) is 0 Å². The number of carbonyl (C=O) groups is 1. The first-order valence-corrected chi connectivity index (χ1v) is 8.16. The van der Waals surface area contributed by atoms with Gasteiger partial charge in [-0.1, -0.05) is 29.3 Å². The Morgan fingerprint density at radius 3 is 2.17 bits per heavy atom. The van der Waals surface area contributed by atoms with Gasteiger partial charge in [0.05, 0.1) is 0 Å². The molecule has 4 nitrogen and oxygen atoms in total. The van der Waals surface area contributed by atoms with Crippen LogP contribution in [0.2, 0.25) is 10.0 Å². The smallest absolute Gasteiger partial charge is 0.412 e. The number of rotatable bonds is 4. The summed E-state index contributed by atoms with van der Waals surface area (Å²) in [6.45, 7) is 5.69. The number of hydrogen-bond donors (Lipinski definition) is 1. The Hall–Kier alpha value is -1.91. The Morgan fingerprint density at radius 2 is 1.62 bits per heavy atom. The Labute approximate surface area is 151 Å². The monoisotopic (exact) mass is 367 g/mol. The highest BCUT2D eigenvalue weighted by molar-refractivity contribution is 6.35. The van der Waals surface area contributed by atoms with Crippen LogP contribution in [-0.2, 0) is 11.3 Å². The molecule has 6 heteroatoms. The largest absolute Gasteiger partial charge is 0.489 e. The fourth-order valence-corrected chi connectivity index (χ4v) is 2.39. The topological polar surface area (TPSA) is 47.6 Å². The third kappa shape index (κ3) is 5.62. The molecule has 0 unspecified atom stereocenters. The second-order valence-electron chi connectivity index (χ2n) is 6.14.